The molecule has 0 unspecified atom stereocenters. The second kappa shape index (κ2) is 8.34. The summed E-state index contributed by atoms with van der Waals surface area (Å²) in [5.74, 6) is -0.0218. The number of hydrogen-bond acceptors (Lipinski definition) is 3. The fourth-order valence-corrected chi connectivity index (χ4v) is 3.67. The lowest BCUT2D eigenvalue weighted by atomic mass is 10.1. The van der Waals surface area contributed by atoms with Gasteiger partial charge in [-0.15, -0.1) is 0 Å². The molecule has 1 saturated carbocycles. The molecule has 0 bridgehead atoms. The highest BCUT2D eigenvalue weighted by Crippen LogP contribution is 2.24. The molecule has 1 aliphatic heterocycles. The molecule has 0 radical (unpaired) electrons. The zero-order chi connectivity index (χ0) is 18.5. The van der Waals surface area contributed by atoms with Gasteiger partial charge in [0.1, 0.15) is 6.04 Å². The topological polar surface area (TPSA) is 78.5 Å². The van der Waals surface area contributed by atoms with Crippen molar-refractivity contribution in [2.45, 2.75) is 58.0 Å². The molecular weight excluding hydrogens is 330 g/mol. The molecule has 2 N–H and O–H groups in total. The van der Waals surface area contributed by atoms with E-state index in [0.717, 1.165) is 44.2 Å². The van der Waals surface area contributed by atoms with Gasteiger partial charge in [-0.3, -0.25) is 14.4 Å². The van der Waals surface area contributed by atoms with Gasteiger partial charge in [-0.1, -0.05) is 25.0 Å². The van der Waals surface area contributed by atoms with Crippen LogP contribution in [0, 0.1) is 5.92 Å². The van der Waals surface area contributed by atoms with Crippen LogP contribution in [0.2, 0.25) is 0 Å². The van der Waals surface area contributed by atoms with Crippen LogP contribution in [-0.2, 0) is 20.9 Å². The number of hydrogen-bond donors (Lipinski definition) is 2. The van der Waals surface area contributed by atoms with Crippen LogP contribution in [0.1, 0.15) is 51.0 Å². The van der Waals surface area contributed by atoms with E-state index in [9.17, 15) is 14.4 Å². The maximum atomic E-state index is 12.4. The summed E-state index contributed by atoms with van der Waals surface area (Å²) in [6.45, 7) is 3.06. The first kappa shape index (κ1) is 18.4. The van der Waals surface area contributed by atoms with E-state index in [0.29, 0.717) is 18.7 Å². The van der Waals surface area contributed by atoms with Crippen LogP contribution < -0.4 is 10.6 Å². The van der Waals surface area contributed by atoms with Gasteiger partial charge < -0.3 is 15.5 Å². The Morgan fingerprint density at radius 1 is 1.23 bits per heavy atom. The predicted molar refractivity (Wildman–Crippen MR) is 99.3 cm³/mol. The van der Waals surface area contributed by atoms with Crippen LogP contribution in [0.25, 0.3) is 0 Å². The largest absolute Gasteiger partial charge is 0.344 e. The summed E-state index contributed by atoms with van der Waals surface area (Å²) in [5.41, 5.74) is 1.67. The Labute approximate surface area is 154 Å². The summed E-state index contributed by atoms with van der Waals surface area (Å²) in [7, 11) is 0. The minimum Gasteiger partial charge on any atom is -0.344 e. The van der Waals surface area contributed by atoms with Gasteiger partial charge >= 0.3 is 0 Å². The molecule has 3 amide bonds. The number of benzene rings is 1. The van der Waals surface area contributed by atoms with Crippen LogP contribution in [0.4, 0.5) is 5.69 Å². The Morgan fingerprint density at radius 2 is 2.00 bits per heavy atom. The van der Waals surface area contributed by atoms with E-state index >= 15 is 0 Å². The van der Waals surface area contributed by atoms with Crippen molar-refractivity contribution in [1.82, 2.24) is 10.2 Å². The number of likely N-dealkylation sites (tertiary alicyclic amines) is 1. The third kappa shape index (κ3) is 4.62. The highest BCUT2D eigenvalue weighted by atomic mass is 16.2. The number of carbonyl (C=O) groups is 3. The number of nitrogens with zero attached hydrogens (tertiary/aromatic N) is 1. The lowest BCUT2D eigenvalue weighted by Crippen LogP contribution is -2.43. The van der Waals surface area contributed by atoms with Gasteiger partial charge in [-0.2, -0.15) is 0 Å². The van der Waals surface area contributed by atoms with Gasteiger partial charge in [0, 0.05) is 31.1 Å². The normalized spacial score (nSPS) is 18.8. The van der Waals surface area contributed by atoms with Crippen molar-refractivity contribution in [2.24, 2.45) is 5.92 Å². The van der Waals surface area contributed by atoms with Crippen molar-refractivity contribution in [3.8, 4) is 0 Å². The van der Waals surface area contributed by atoms with E-state index in [4.69, 9.17) is 0 Å². The third-order valence-corrected chi connectivity index (χ3v) is 5.22. The van der Waals surface area contributed by atoms with Crippen molar-refractivity contribution >= 4 is 23.4 Å². The maximum absolute atomic E-state index is 12.4. The van der Waals surface area contributed by atoms with Gasteiger partial charge in [-0.05, 0) is 43.9 Å². The molecule has 1 aliphatic carbocycles. The molecule has 0 aromatic heterocycles. The summed E-state index contributed by atoms with van der Waals surface area (Å²) in [6.07, 6.45) is 5.53. The molecule has 6 heteroatoms. The minimum absolute atomic E-state index is 0.0218. The average Bonchev–Trinajstić information content (AvgIpc) is 3.28. The first-order valence-electron chi connectivity index (χ1n) is 9.51. The van der Waals surface area contributed by atoms with Gasteiger partial charge in [0.15, 0.2) is 0 Å². The molecule has 140 valence electrons. The summed E-state index contributed by atoms with van der Waals surface area (Å²) < 4.78 is 0. The molecule has 3 rings (SSSR count). The monoisotopic (exact) mass is 357 g/mol. The molecule has 2 fully saturated rings. The van der Waals surface area contributed by atoms with E-state index in [-0.39, 0.29) is 23.6 Å². The van der Waals surface area contributed by atoms with E-state index in [1.807, 2.05) is 29.2 Å². The van der Waals surface area contributed by atoms with Crippen molar-refractivity contribution in [2.75, 3.05) is 11.9 Å². The number of nitrogens with one attached hydrogen (secondary N) is 2. The Kier molecular flexibility index (Phi) is 5.91. The fourth-order valence-electron chi connectivity index (χ4n) is 3.67. The summed E-state index contributed by atoms with van der Waals surface area (Å²) >= 11 is 0. The molecule has 1 atom stereocenters. The van der Waals surface area contributed by atoms with Crippen molar-refractivity contribution in [3.63, 3.8) is 0 Å². The molecule has 6 nitrogen and oxygen atoms in total. The van der Waals surface area contributed by atoms with Gasteiger partial charge in [0.05, 0.1) is 0 Å². The van der Waals surface area contributed by atoms with E-state index < -0.39 is 6.04 Å². The smallest absolute Gasteiger partial charge is 0.246 e. The Hall–Kier alpha value is -2.37. The first-order chi connectivity index (χ1) is 12.5. The van der Waals surface area contributed by atoms with Gasteiger partial charge in [0.25, 0.3) is 0 Å². The molecule has 1 heterocycles. The quantitative estimate of drug-likeness (QED) is 0.821. The van der Waals surface area contributed by atoms with E-state index in [1.54, 1.807) is 6.92 Å². The van der Waals surface area contributed by atoms with Crippen molar-refractivity contribution in [1.29, 1.82) is 0 Å². The molecule has 1 saturated heterocycles. The lowest BCUT2D eigenvalue weighted by molar-refractivity contribution is -0.128. The number of anilines is 1. The highest BCUT2D eigenvalue weighted by molar-refractivity contribution is 5.97. The summed E-state index contributed by atoms with van der Waals surface area (Å²) in [6, 6.07) is 6.94. The second-order valence-corrected chi connectivity index (χ2v) is 7.32. The number of carbonyl (C=O) groups excluding carboxylic acids is 3. The number of amides is 3. The Morgan fingerprint density at radius 3 is 2.69 bits per heavy atom. The average molecular weight is 357 g/mol. The summed E-state index contributed by atoms with van der Waals surface area (Å²) in [5, 5.41) is 5.67. The zero-order valence-electron chi connectivity index (χ0n) is 15.3. The van der Waals surface area contributed by atoms with Crippen LogP contribution in [0.5, 0.6) is 0 Å². The van der Waals surface area contributed by atoms with Crippen LogP contribution >= 0.6 is 0 Å². The Bertz CT molecular complexity index is 683. The van der Waals surface area contributed by atoms with Crippen molar-refractivity contribution in [3.05, 3.63) is 29.8 Å². The van der Waals surface area contributed by atoms with Crippen LogP contribution in [0.3, 0.4) is 0 Å². The van der Waals surface area contributed by atoms with E-state index in [2.05, 4.69) is 10.6 Å². The van der Waals surface area contributed by atoms with Crippen LogP contribution in [0.15, 0.2) is 24.3 Å². The predicted octanol–water partition coefficient (Wildman–Crippen LogP) is 2.44. The molecule has 1 aromatic rings. The van der Waals surface area contributed by atoms with Crippen molar-refractivity contribution < 1.29 is 14.4 Å². The maximum Gasteiger partial charge on any atom is 0.246 e. The van der Waals surface area contributed by atoms with Crippen LogP contribution in [-0.4, -0.2) is 35.2 Å². The fraction of sp³-hybridized carbons (Fsp3) is 0.550. The molecule has 2 aliphatic rings. The van der Waals surface area contributed by atoms with E-state index in [1.165, 1.54) is 0 Å². The molecule has 1 aromatic carbocycles. The minimum atomic E-state index is -0.577. The first-order valence-corrected chi connectivity index (χ1v) is 9.51. The van der Waals surface area contributed by atoms with Gasteiger partial charge in [-0.25, -0.2) is 0 Å². The van der Waals surface area contributed by atoms with Gasteiger partial charge in [0.2, 0.25) is 17.7 Å². The second-order valence-electron chi connectivity index (χ2n) is 7.32. The Balaban J connectivity index is 1.54. The number of rotatable bonds is 6. The molecular formula is C20H27N3O3. The lowest BCUT2D eigenvalue weighted by Gasteiger charge is -2.18. The zero-order valence-corrected chi connectivity index (χ0v) is 15.3. The summed E-state index contributed by atoms with van der Waals surface area (Å²) in [4.78, 5) is 38.1. The molecule has 0 spiro atoms. The highest BCUT2D eigenvalue weighted by Gasteiger charge is 2.25. The standard InChI is InChI=1S/C20H27N3O3/c1-14(21-20(26)16-7-2-3-8-16)19(25)22-17-9-4-6-15(12-17)13-23-11-5-10-18(23)24/h4,6,9,12,14,16H,2-3,5,7-8,10-11,13H2,1H3,(H,21,26)(H,22,25)/t14-/m0/s1. The third-order valence-electron chi connectivity index (χ3n) is 5.22. The molecule has 26 heavy (non-hydrogen) atoms. The SMILES string of the molecule is C[C@H](NC(=O)C1CCCC1)C(=O)Nc1cccc(CN2CCCC2=O)c1.